The van der Waals surface area contributed by atoms with Crippen molar-refractivity contribution in [2.45, 2.75) is 39.7 Å². The van der Waals surface area contributed by atoms with Crippen molar-refractivity contribution < 1.29 is 9.84 Å². The van der Waals surface area contributed by atoms with Crippen LogP contribution in [-0.4, -0.2) is 29.3 Å². The Morgan fingerprint density at radius 2 is 2.11 bits per heavy atom. The average Bonchev–Trinajstić information content (AvgIpc) is 2.34. The Labute approximate surface area is 115 Å². The van der Waals surface area contributed by atoms with Crippen LogP contribution in [0, 0.1) is 5.92 Å². The Bertz CT molecular complexity index is 381. The molecule has 0 radical (unpaired) electrons. The first-order chi connectivity index (χ1) is 8.99. The van der Waals surface area contributed by atoms with E-state index in [0.29, 0.717) is 24.1 Å². The molecule has 19 heavy (non-hydrogen) atoms. The zero-order valence-corrected chi connectivity index (χ0v) is 12.0. The number of hydrogen-bond acceptors (Lipinski definition) is 5. The summed E-state index contributed by atoms with van der Waals surface area (Å²) in [6.07, 6.45) is 1.41. The molecule has 0 aliphatic rings. The van der Waals surface area contributed by atoms with Crippen LogP contribution in [0.15, 0.2) is 12.1 Å². The number of nitrogen functional groups attached to an aromatic ring is 1. The molecule has 0 saturated carbocycles. The molecule has 1 atom stereocenters. The minimum Gasteiger partial charge on any atom is -0.476 e. The maximum absolute atomic E-state index is 9.17. The van der Waals surface area contributed by atoms with E-state index < -0.39 is 0 Å². The van der Waals surface area contributed by atoms with Crippen molar-refractivity contribution in [3.8, 4) is 5.88 Å². The number of ether oxygens (including phenoxy) is 1. The quantitative estimate of drug-likeness (QED) is 0.630. The Morgan fingerprint density at radius 3 is 2.74 bits per heavy atom. The van der Waals surface area contributed by atoms with E-state index in [9.17, 15) is 5.11 Å². The van der Waals surface area contributed by atoms with E-state index in [1.165, 1.54) is 0 Å². The van der Waals surface area contributed by atoms with Gasteiger partial charge in [0.2, 0.25) is 5.88 Å². The predicted molar refractivity (Wildman–Crippen MR) is 78.4 cm³/mol. The van der Waals surface area contributed by atoms with Crippen molar-refractivity contribution in [2.24, 2.45) is 5.92 Å². The molecule has 4 N–H and O–H groups in total. The highest BCUT2D eigenvalue weighted by atomic mass is 16.5. The number of aliphatic hydroxyl groups is 1. The lowest BCUT2D eigenvalue weighted by Crippen LogP contribution is -2.10. The molecule has 1 aromatic heterocycles. The molecule has 5 nitrogen and oxygen atoms in total. The van der Waals surface area contributed by atoms with Gasteiger partial charge >= 0.3 is 0 Å². The molecular formula is C14H25N3O2. The summed E-state index contributed by atoms with van der Waals surface area (Å²) in [5.74, 6) is 1.66. The maximum Gasteiger partial charge on any atom is 0.239 e. The largest absolute Gasteiger partial charge is 0.476 e. The van der Waals surface area contributed by atoms with Crippen LogP contribution in [0.25, 0.3) is 0 Å². The number of anilines is 2. The molecule has 0 aliphatic carbocycles. The lowest BCUT2D eigenvalue weighted by Gasteiger charge is -2.12. The number of nitrogens with zero attached hydrogens (tertiary/aromatic N) is 1. The van der Waals surface area contributed by atoms with Gasteiger partial charge in [0, 0.05) is 6.54 Å². The van der Waals surface area contributed by atoms with Crippen LogP contribution in [0.4, 0.5) is 11.5 Å². The van der Waals surface area contributed by atoms with E-state index in [0.717, 1.165) is 25.2 Å². The second-order valence-electron chi connectivity index (χ2n) is 5.21. The molecule has 0 aliphatic heterocycles. The first-order valence-corrected chi connectivity index (χ1v) is 6.80. The molecule has 1 unspecified atom stereocenters. The first kappa shape index (κ1) is 15.6. The van der Waals surface area contributed by atoms with Crippen molar-refractivity contribution in [1.29, 1.82) is 0 Å². The average molecular weight is 267 g/mol. The van der Waals surface area contributed by atoms with Gasteiger partial charge in [-0.1, -0.05) is 13.8 Å². The Hall–Kier alpha value is -1.49. The van der Waals surface area contributed by atoms with Gasteiger partial charge in [0.05, 0.1) is 18.4 Å². The van der Waals surface area contributed by atoms with E-state index in [-0.39, 0.29) is 6.10 Å². The third-order valence-corrected chi connectivity index (χ3v) is 2.55. The summed E-state index contributed by atoms with van der Waals surface area (Å²) in [6, 6.07) is 3.62. The molecule has 0 amide bonds. The van der Waals surface area contributed by atoms with E-state index in [4.69, 9.17) is 10.5 Å². The van der Waals surface area contributed by atoms with Gasteiger partial charge in [0.15, 0.2) is 0 Å². The van der Waals surface area contributed by atoms with Crippen molar-refractivity contribution in [3.63, 3.8) is 0 Å². The molecular weight excluding hydrogens is 242 g/mol. The number of nitrogens with two attached hydrogens (primary N) is 1. The van der Waals surface area contributed by atoms with Crippen LogP contribution in [0.5, 0.6) is 5.88 Å². The lowest BCUT2D eigenvalue weighted by atomic mass is 10.2. The van der Waals surface area contributed by atoms with Crippen LogP contribution in [0.3, 0.4) is 0 Å². The number of pyridine rings is 1. The molecule has 5 heteroatoms. The van der Waals surface area contributed by atoms with Crippen molar-refractivity contribution in [2.75, 3.05) is 24.2 Å². The van der Waals surface area contributed by atoms with Crippen molar-refractivity contribution in [1.82, 2.24) is 4.98 Å². The van der Waals surface area contributed by atoms with Gasteiger partial charge in [-0.25, -0.2) is 0 Å². The minimum atomic E-state index is -0.258. The fraction of sp³-hybridized carbons (Fsp3) is 0.643. The predicted octanol–water partition coefficient (Wildman–Crippen LogP) is 2.27. The normalized spacial score (nSPS) is 12.5. The molecule has 1 rings (SSSR count). The van der Waals surface area contributed by atoms with Crippen LogP contribution < -0.4 is 15.8 Å². The fourth-order valence-corrected chi connectivity index (χ4v) is 1.52. The van der Waals surface area contributed by atoms with E-state index in [2.05, 4.69) is 24.1 Å². The molecule has 0 aromatic carbocycles. The van der Waals surface area contributed by atoms with Gasteiger partial charge in [-0.05, 0) is 37.8 Å². The highest BCUT2D eigenvalue weighted by Crippen LogP contribution is 2.21. The summed E-state index contributed by atoms with van der Waals surface area (Å²) in [7, 11) is 0. The summed E-state index contributed by atoms with van der Waals surface area (Å²) in [4.78, 5) is 4.34. The van der Waals surface area contributed by atoms with Gasteiger partial charge in [0.1, 0.15) is 5.82 Å². The topological polar surface area (TPSA) is 80.4 Å². The second-order valence-corrected chi connectivity index (χ2v) is 5.21. The monoisotopic (exact) mass is 267 g/mol. The van der Waals surface area contributed by atoms with Crippen LogP contribution in [0.1, 0.15) is 33.6 Å². The zero-order valence-electron chi connectivity index (χ0n) is 12.0. The molecule has 1 aromatic rings. The Balaban J connectivity index is 2.48. The summed E-state index contributed by atoms with van der Waals surface area (Å²) >= 11 is 0. The second kappa shape index (κ2) is 7.84. The van der Waals surface area contributed by atoms with E-state index in [1.807, 2.05) is 6.07 Å². The van der Waals surface area contributed by atoms with Gasteiger partial charge in [-0.3, -0.25) is 0 Å². The molecule has 0 bridgehead atoms. The van der Waals surface area contributed by atoms with Crippen LogP contribution >= 0.6 is 0 Å². The SMILES string of the molecule is CC(C)COc1nc(NCCCC(C)O)ccc1N. The van der Waals surface area contributed by atoms with Gasteiger partial charge in [-0.2, -0.15) is 4.98 Å². The Morgan fingerprint density at radius 1 is 1.37 bits per heavy atom. The van der Waals surface area contributed by atoms with Gasteiger partial charge in [-0.15, -0.1) is 0 Å². The molecule has 0 saturated heterocycles. The third-order valence-electron chi connectivity index (χ3n) is 2.55. The summed E-state index contributed by atoms with van der Waals surface area (Å²) in [6.45, 7) is 7.32. The summed E-state index contributed by atoms with van der Waals surface area (Å²) < 4.78 is 5.57. The maximum atomic E-state index is 9.17. The highest BCUT2D eigenvalue weighted by Gasteiger charge is 2.05. The number of rotatable bonds is 8. The van der Waals surface area contributed by atoms with Crippen LogP contribution in [-0.2, 0) is 0 Å². The van der Waals surface area contributed by atoms with Gasteiger partial charge < -0.3 is 20.9 Å². The molecule has 0 spiro atoms. The van der Waals surface area contributed by atoms with Crippen LogP contribution in [0.2, 0.25) is 0 Å². The standard InChI is InChI=1S/C14H25N3O2/c1-10(2)9-19-14-12(15)6-7-13(17-14)16-8-4-5-11(3)18/h6-7,10-11,18H,4-5,8-9,15H2,1-3H3,(H,16,17). The van der Waals surface area contributed by atoms with E-state index >= 15 is 0 Å². The zero-order chi connectivity index (χ0) is 14.3. The summed E-state index contributed by atoms with van der Waals surface area (Å²) in [5.41, 5.74) is 6.37. The van der Waals surface area contributed by atoms with Crippen molar-refractivity contribution in [3.05, 3.63) is 12.1 Å². The number of aliphatic hydroxyl groups excluding tert-OH is 1. The number of aromatic nitrogens is 1. The first-order valence-electron chi connectivity index (χ1n) is 6.80. The highest BCUT2D eigenvalue weighted by molar-refractivity contribution is 5.53. The third kappa shape index (κ3) is 6.29. The fourth-order valence-electron chi connectivity index (χ4n) is 1.52. The minimum absolute atomic E-state index is 0.258. The van der Waals surface area contributed by atoms with Crippen molar-refractivity contribution >= 4 is 11.5 Å². The van der Waals surface area contributed by atoms with E-state index in [1.54, 1.807) is 13.0 Å². The Kier molecular flexibility index (Phi) is 6.42. The van der Waals surface area contributed by atoms with Gasteiger partial charge in [0.25, 0.3) is 0 Å². The molecule has 108 valence electrons. The number of nitrogens with one attached hydrogen (secondary N) is 1. The molecule has 0 fully saturated rings. The lowest BCUT2D eigenvalue weighted by molar-refractivity contribution is 0.183. The summed E-state index contributed by atoms with van der Waals surface area (Å²) in [5, 5.41) is 12.4. The molecule has 1 heterocycles. The number of hydrogen-bond donors (Lipinski definition) is 3. The smallest absolute Gasteiger partial charge is 0.239 e.